The first-order valence-corrected chi connectivity index (χ1v) is 7.12. The monoisotopic (exact) mass is 296 g/mol. The fourth-order valence-corrected chi connectivity index (χ4v) is 2.85. The number of rotatable bonds is 4. The minimum atomic E-state index is -3.86. The van der Waals surface area contributed by atoms with Gasteiger partial charge in [-0.15, -0.1) is 11.5 Å². The number of hydrogen-bond acceptors (Lipinski definition) is 6. The summed E-state index contributed by atoms with van der Waals surface area (Å²) in [4.78, 5) is 15.7. The van der Waals surface area contributed by atoms with Gasteiger partial charge in [0, 0.05) is 6.04 Å². The fourth-order valence-electron chi connectivity index (χ4n) is 1.56. The Morgan fingerprint density at radius 1 is 1.50 bits per heavy atom. The van der Waals surface area contributed by atoms with Gasteiger partial charge in [-0.05, 0) is 13.8 Å². The summed E-state index contributed by atoms with van der Waals surface area (Å²) in [5, 5.41) is 6.93. The molecule has 0 amide bonds. The second-order valence-corrected chi connectivity index (χ2v) is 5.88. The van der Waals surface area contributed by atoms with E-state index < -0.39 is 15.7 Å². The molecule has 1 N–H and O–H groups in total. The van der Waals surface area contributed by atoms with Crippen molar-refractivity contribution < 1.29 is 8.42 Å². The van der Waals surface area contributed by atoms with E-state index in [9.17, 15) is 13.2 Å². The molecule has 0 atom stereocenters. The summed E-state index contributed by atoms with van der Waals surface area (Å²) < 4.78 is 28.4. The lowest BCUT2D eigenvalue weighted by molar-refractivity contribution is 0.563. The number of aromatic nitrogens is 5. The van der Waals surface area contributed by atoms with Crippen molar-refractivity contribution in [3.05, 3.63) is 16.8 Å². The summed E-state index contributed by atoms with van der Waals surface area (Å²) in [6, 6.07) is -0.313. The zero-order valence-electron chi connectivity index (χ0n) is 10.8. The van der Waals surface area contributed by atoms with Gasteiger partial charge >= 0.3 is 5.69 Å². The predicted molar refractivity (Wildman–Crippen MR) is 69.3 cm³/mol. The van der Waals surface area contributed by atoms with Gasteiger partial charge in [0.05, 0.1) is 0 Å². The van der Waals surface area contributed by atoms with Crippen molar-refractivity contribution in [1.29, 1.82) is 0 Å². The molecule has 2 heterocycles. The summed E-state index contributed by atoms with van der Waals surface area (Å²) in [5.74, 6) is 2.25. The molecule has 0 fully saturated rings. The van der Waals surface area contributed by atoms with Crippen LogP contribution in [-0.4, -0.2) is 38.8 Å². The number of terminal acetylenes is 1. The van der Waals surface area contributed by atoms with Crippen LogP contribution in [0.25, 0.3) is 5.65 Å². The van der Waals surface area contributed by atoms with Crippen molar-refractivity contribution in [1.82, 2.24) is 29.1 Å². The molecule has 2 aromatic rings. The van der Waals surface area contributed by atoms with Crippen LogP contribution in [0, 0.1) is 12.3 Å². The molecule has 0 aromatic carbocycles. The Kier molecular flexibility index (Phi) is 3.56. The number of nitrogens with zero attached hydrogens (tertiary/aromatic N) is 5. The second kappa shape index (κ2) is 5.03. The van der Waals surface area contributed by atoms with Crippen LogP contribution in [0.2, 0.25) is 0 Å². The molecule has 20 heavy (non-hydrogen) atoms. The van der Waals surface area contributed by atoms with E-state index in [1.165, 1.54) is 0 Å². The topological polar surface area (TPSA) is 111 Å². The van der Waals surface area contributed by atoms with Gasteiger partial charge in [-0.1, -0.05) is 11.1 Å². The van der Waals surface area contributed by atoms with Crippen LogP contribution < -0.4 is 10.4 Å². The number of fused-ring (bicyclic) bond motifs is 1. The molecule has 0 saturated heterocycles. The summed E-state index contributed by atoms with van der Waals surface area (Å²) in [7, 11) is -3.86. The van der Waals surface area contributed by atoms with E-state index in [-0.39, 0.29) is 23.3 Å². The molecule has 0 radical (unpaired) electrons. The zero-order valence-corrected chi connectivity index (χ0v) is 11.6. The molecule has 0 unspecified atom stereocenters. The average Bonchev–Trinajstić information content (AvgIpc) is 2.76. The molecule has 106 valence electrons. The van der Waals surface area contributed by atoms with E-state index >= 15 is 0 Å². The first-order chi connectivity index (χ1) is 9.36. The molecule has 10 heteroatoms. The highest BCUT2D eigenvalue weighted by molar-refractivity contribution is 7.89. The van der Waals surface area contributed by atoms with E-state index in [4.69, 9.17) is 6.42 Å². The lowest BCUT2D eigenvalue weighted by Crippen LogP contribution is -2.32. The highest BCUT2D eigenvalue weighted by Gasteiger charge is 2.24. The summed E-state index contributed by atoms with van der Waals surface area (Å²) in [6.45, 7) is 3.27. The molecule has 0 aliphatic rings. The molecule has 2 aromatic heterocycles. The summed E-state index contributed by atoms with van der Waals surface area (Å²) in [5.41, 5.74) is -0.747. The Balaban J connectivity index is 2.63. The average molecular weight is 296 g/mol. The first kappa shape index (κ1) is 14.2. The van der Waals surface area contributed by atoms with Gasteiger partial charge in [0.1, 0.15) is 12.9 Å². The number of sulfonamides is 1. The van der Waals surface area contributed by atoms with Crippen molar-refractivity contribution in [2.75, 3.05) is 0 Å². The number of imidazole rings is 1. The van der Waals surface area contributed by atoms with Crippen molar-refractivity contribution in [3.63, 3.8) is 0 Å². The van der Waals surface area contributed by atoms with Gasteiger partial charge in [0.25, 0.3) is 10.0 Å². The van der Waals surface area contributed by atoms with Gasteiger partial charge in [0.2, 0.25) is 10.7 Å². The molecular weight excluding hydrogens is 284 g/mol. The molecule has 9 nitrogen and oxygen atoms in total. The van der Waals surface area contributed by atoms with Crippen LogP contribution in [0.3, 0.4) is 0 Å². The highest BCUT2D eigenvalue weighted by atomic mass is 32.2. The maximum atomic E-state index is 12.0. The molecule has 0 saturated carbocycles. The normalized spacial score (nSPS) is 11.9. The Bertz CT molecular complexity index is 842. The maximum Gasteiger partial charge on any atom is 0.353 e. The van der Waals surface area contributed by atoms with Gasteiger partial charge < -0.3 is 0 Å². The van der Waals surface area contributed by atoms with Crippen LogP contribution in [0.1, 0.15) is 13.8 Å². The van der Waals surface area contributed by atoms with Crippen LogP contribution in [0.5, 0.6) is 0 Å². The largest absolute Gasteiger partial charge is 0.353 e. The Morgan fingerprint density at radius 2 is 2.20 bits per heavy atom. The van der Waals surface area contributed by atoms with Gasteiger partial charge in [-0.3, -0.25) is 0 Å². The van der Waals surface area contributed by atoms with E-state index in [1.54, 1.807) is 13.8 Å². The summed E-state index contributed by atoms with van der Waals surface area (Å²) in [6.07, 6.45) is 6.17. The standard InChI is InChI=1S/C10H12N6O3S/c1-4-5-16-10(17)15-6-11-9(8(15)12-14-16)20(18,19)13-7(2)3/h1,6-7,13H,5H2,2-3H3. The molecule has 0 bridgehead atoms. The molecule has 2 rings (SSSR count). The lowest BCUT2D eigenvalue weighted by Gasteiger charge is -2.07. The Labute approximate surface area is 114 Å². The lowest BCUT2D eigenvalue weighted by atomic mass is 10.4. The van der Waals surface area contributed by atoms with E-state index in [0.717, 1.165) is 15.4 Å². The van der Waals surface area contributed by atoms with Crippen molar-refractivity contribution in [2.24, 2.45) is 0 Å². The van der Waals surface area contributed by atoms with Crippen molar-refractivity contribution >= 4 is 15.7 Å². The summed E-state index contributed by atoms with van der Waals surface area (Å²) >= 11 is 0. The van der Waals surface area contributed by atoms with Crippen molar-refractivity contribution in [3.8, 4) is 12.3 Å². The zero-order chi connectivity index (χ0) is 14.9. The molecule has 0 spiro atoms. The fraction of sp³-hybridized carbons (Fsp3) is 0.400. The first-order valence-electron chi connectivity index (χ1n) is 5.63. The van der Waals surface area contributed by atoms with Gasteiger partial charge in [-0.2, -0.15) is 4.68 Å². The third kappa shape index (κ3) is 2.40. The van der Waals surface area contributed by atoms with Crippen molar-refractivity contribution in [2.45, 2.75) is 31.5 Å². The molecule has 0 aliphatic carbocycles. The Hall–Kier alpha value is -2.25. The van der Waals surface area contributed by atoms with Gasteiger partial charge in [-0.25, -0.2) is 27.3 Å². The van der Waals surface area contributed by atoms with E-state index in [1.807, 2.05) is 0 Å². The second-order valence-electron chi connectivity index (χ2n) is 4.25. The quantitative estimate of drug-likeness (QED) is 0.695. The number of nitrogens with one attached hydrogen (secondary N) is 1. The van der Waals surface area contributed by atoms with E-state index in [0.29, 0.717) is 0 Å². The SMILES string of the molecule is C#CCn1nnc2c(S(=O)(=O)NC(C)C)ncn2c1=O. The minimum Gasteiger partial charge on any atom is -0.245 e. The number of hydrogen-bond donors (Lipinski definition) is 1. The van der Waals surface area contributed by atoms with Crippen LogP contribution >= 0.6 is 0 Å². The smallest absolute Gasteiger partial charge is 0.245 e. The minimum absolute atomic E-state index is 0.0632. The Morgan fingerprint density at radius 3 is 2.80 bits per heavy atom. The van der Waals surface area contributed by atoms with Crippen LogP contribution in [0.15, 0.2) is 16.1 Å². The molecular formula is C10H12N6O3S. The third-order valence-electron chi connectivity index (χ3n) is 2.27. The highest BCUT2D eigenvalue weighted by Crippen LogP contribution is 2.10. The molecule has 0 aliphatic heterocycles. The van der Waals surface area contributed by atoms with Crippen LogP contribution in [0.4, 0.5) is 0 Å². The third-order valence-corrected chi connectivity index (χ3v) is 3.85. The van der Waals surface area contributed by atoms with E-state index in [2.05, 4.69) is 25.9 Å². The van der Waals surface area contributed by atoms with Gasteiger partial charge in [0.15, 0.2) is 0 Å². The van der Waals surface area contributed by atoms with Crippen LogP contribution in [-0.2, 0) is 16.6 Å². The maximum absolute atomic E-state index is 12.0. The predicted octanol–water partition coefficient (Wildman–Crippen LogP) is -1.39.